The monoisotopic (exact) mass is 426 g/mol. The van der Waals surface area contributed by atoms with Crippen molar-refractivity contribution in [3.05, 3.63) is 66.1 Å². The molecule has 0 aliphatic carbocycles. The Morgan fingerprint density at radius 3 is 2.75 bits per heavy atom. The van der Waals surface area contributed by atoms with Gasteiger partial charge in [-0.25, -0.2) is 14.5 Å². The number of hydrogen-bond donors (Lipinski definition) is 3. The highest BCUT2D eigenvalue weighted by molar-refractivity contribution is 6.06. The van der Waals surface area contributed by atoms with Crippen LogP contribution in [0.1, 0.15) is 15.9 Å². The van der Waals surface area contributed by atoms with E-state index in [1.807, 2.05) is 36.5 Å². The maximum atomic E-state index is 12.7. The molecule has 3 aromatic heterocycles. The van der Waals surface area contributed by atoms with Crippen LogP contribution in [0.4, 0.5) is 17.2 Å². The van der Waals surface area contributed by atoms with E-state index in [0.717, 1.165) is 60.0 Å². The minimum atomic E-state index is -0.0939. The number of anilines is 3. The number of nitrogens with zero attached hydrogens (tertiary/aromatic N) is 5. The number of carbonyl (C=O) groups excluding carboxylic acids is 1. The van der Waals surface area contributed by atoms with E-state index in [1.54, 1.807) is 16.9 Å². The zero-order valence-electron chi connectivity index (χ0n) is 17.4. The molecule has 5 heterocycles. The molecule has 0 radical (unpaired) electrons. The van der Waals surface area contributed by atoms with Crippen molar-refractivity contribution in [2.45, 2.75) is 6.54 Å². The van der Waals surface area contributed by atoms with Crippen LogP contribution >= 0.6 is 0 Å². The number of amides is 1. The maximum absolute atomic E-state index is 12.7. The first-order valence-corrected chi connectivity index (χ1v) is 10.7. The Morgan fingerprint density at radius 1 is 1.00 bits per heavy atom. The van der Waals surface area contributed by atoms with Crippen molar-refractivity contribution in [1.82, 2.24) is 30.2 Å². The third-order valence-electron chi connectivity index (χ3n) is 6.01. The van der Waals surface area contributed by atoms with Crippen molar-refractivity contribution >= 4 is 28.7 Å². The van der Waals surface area contributed by atoms with E-state index in [0.29, 0.717) is 17.9 Å². The Kier molecular flexibility index (Phi) is 4.46. The third-order valence-corrected chi connectivity index (χ3v) is 6.01. The molecular weight excluding hydrogens is 404 g/mol. The highest BCUT2D eigenvalue weighted by Crippen LogP contribution is 2.35. The number of aromatic nitrogens is 4. The quantitative estimate of drug-likeness (QED) is 0.460. The third kappa shape index (κ3) is 3.14. The lowest BCUT2D eigenvalue weighted by Gasteiger charge is -2.29. The molecular formula is C23H22N8O. The molecule has 9 heteroatoms. The minimum Gasteiger partial charge on any atom is -0.368 e. The normalized spacial score (nSPS) is 15.6. The molecule has 160 valence electrons. The molecule has 2 aliphatic heterocycles. The van der Waals surface area contributed by atoms with Crippen LogP contribution in [0.5, 0.6) is 0 Å². The summed E-state index contributed by atoms with van der Waals surface area (Å²) < 4.78 is 1.79. The average molecular weight is 426 g/mol. The maximum Gasteiger partial charge on any atom is 0.254 e. The summed E-state index contributed by atoms with van der Waals surface area (Å²) in [5, 5.41) is 14.1. The number of piperazine rings is 1. The van der Waals surface area contributed by atoms with Crippen LogP contribution in [-0.2, 0) is 6.54 Å². The molecule has 4 aromatic rings. The van der Waals surface area contributed by atoms with Gasteiger partial charge in [0.25, 0.3) is 5.91 Å². The van der Waals surface area contributed by atoms with Crippen LogP contribution in [0.2, 0.25) is 0 Å². The molecule has 1 amide bonds. The number of benzene rings is 1. The first-order valence-electron chi connectivity index (χ1n) is 10.7. The largest absolute Gasteiger partial charge is 0.368 e. The van der Waals surface area contributed by atoms with E-state index >= 15 is 0 Å². The van der Waals surface area contributed by atoms with Gasteiger partial charge in [0.2, 0.25) is 0 Å². The van der Waals surface area contributed by atoms with Gasteiger partial charge < -0.3 is 20.9 Å². The number of fused-ring (bicyclic) bond motifs is 2. The van der Waals surface area contributed by atoms with Gasteiger partial charge in [-0.05, 0) is 35.9 Å². The van der Waals surface area contributed by atoms with E-state index in [1.165, 1.54) is 0 Å². The molecule has 0 saturated carbocycles. The first kappa shape index (κ1) is 18.8. The topological polar surface area (TPSA) is 99.5 Å². The van der Waals surface area contributed by atoms with Gasteiger partial charge in [0.05, 0.1) is 35.0 Å². The second-order valence-corrected chi connectivity index (χ2v) is 7.90. The summed E-state index contributed by atoms with van der Waals surface area (Å²) >= 11 is 0. The Hall–Kier alpha value is -3.98. The van der Waals surface area contributed by atoms with Crippen LogP contribution in [0.15, 0.2) is 55.0 Å². The summed E-state index contributed by atoms with van der Waals surface area (Å²) in [6, 6.07) is 11.7. The van der Waals surface area contributed by atoms with Crippen molar-refractivity contribution in [3.63, 3.8) is 0 Å². The summed E-state index contributed by atoms with van der Waals surface area (Å²) in [4.78, 5) is 24.0. The van der Waals surface area contributed by atoms with Gasteiger partial charge in [-0.2, -0.15) is 5.10 Å². The number of hydrogen-bond acceptors (Lipinski definition) is 7. The number of nitrogens with one attached hydrogen (secondary N) is 3. The van der Waals surface area contributed by atoms with E-state index in [-0.39, 0.29) is 5.91 Å². The molecule has 0 unspecified atom stereocenters. The lowest BCUT2D eigenvalue weighted by molar-refractivity contribution is 0.0966. The summed E-state index contributed by atoms with van der Waals surface area (Å²) in [6.07, 6.45) is 5.41. The van der Waals surface area contributed by atoms with E-state index in [4.69, 9.17) is 0 Å². The van der Waals surface area contributed by atoms with Gasteiger partial charge in [0.15, 0.2) is 5.65 Å². The number of rotatable bonds is 4. The fourth-order valence-corrected chi connectivity index (χ4v) is 4.41. The van der Waals surface area contributed by atoms with Crippen LogP contribution in [0.3, 0.4) is 0 Å². The average Bonchev–Trinajstić information content (AvgIpc) is 3.45. The standard InChI is InChI=1S/C23H22N8O/c32-23-22-17(13-27-23)16(19-14-26-21-2-1-7-28-31(19)21)4-5-18(22)29-20-6-3-15(12-25-20)30-10-8-24-9-11-30/h1-7,12,14,24H,8-11,13H2,(H,25,29)(H,27,32). The van der Waals surface area contributed by atoms with Crippen molar-refractivity contribution in [2.24, 2.45) is 0 Å². The number of carbonyl (C=O) groups is 1. The minimum absolute atomic E-state index is 0.0939. The van der Waals surface area contributed by atoms with Crippen LogP contribution in [0, 0.1) is 0 Å². The molecule has 32 heavy (non-hydrogen) atoms. The zero-order valence-corrected chi connectivity index (χ0v) is 17.4. The molecule has 3 N–H and O–H groups in total. The van der Waals surface area contributed by atoms with Gasteiger partial charge >= 0.3 is 0 Å². The Balaban J connectivity index is 1.33. The second kappa shape index (κ2) is 7.61. The van der Waals surface area contributed by atoms with Gasteiger partial charge in [0, 0.05) is 44.5 Å². The lowest BCUT2D eigenvalue weighted by Crippen LogP contribution is -2.43. The number of imidazole rings is 1. The van der Waals surface area contributed by atoms with E-state index in [2.05, 4.69) is 42.0 Å². The highest BCUT2D eigenvalue weighted by Gasteiger charge is 2.27. The molecule has 6 rings (SSSR count). The molecule has 1 aromatic carbocycles. The van der Waals surface area contributed by atoms with Crippen LogP contribution < -0.4 is 20.9 Å². The summed E-state index contributed by atoms with van der Waals surface area (Å²) in [5.74, 6) is 0.610. The molecule has 2 aliphatic rings. The van der Waals surface area contributed by atoms with Crippen molar-refractivity contribution in [3.8, 4) is 11.3 Å². The Bertz CT molecular complexity index is 1310. The molecule has 1 fully saturated rings. The van der Waals surface area contributed by atoms with Crippen LogP contribution in [-0.4, -0.2) is 51.7 Å². The Labute approximate surface area is 184 Å². The van der Waals surface area contributed by atoms with E-state index < -0.39 is 0 Å². The van der Waals surface area contributed by atoms with Gasteiger partial charge in [-0.3, -0.25) is 4.79 Å². The highest BCUT2D eigenvalue weighted by atomic mass is 16.1. The molecule has 9 nitrogen and oxygen atoms in total. The SMILES string of the molecule is O=C1NCc2c(-c3cnc4cccnn34)ccc(Nc3ccc(N4CCNCC4)cn3)c21. The van der Waals surface area contributed by atoms with Gasteiger partial charge in [0.1, 0.15) is 5.82 Å². The van der Waals surface area contributed by atoms with Crippen LogP contribution in [0.25, 0.3) is 16.9 Å². The summed E-state index contributed by atoms with van der Waals surface area (Å²) in [5.41, 5.74) is 5.99. The predicted molar refractivity (Wildman–Crippen MR) is 122 cm³/mol. The van der Waals surface area contributed by atoms with Gasteiger partial charge in [-0.1, -0.05) is 6.07 Å². The van der Waals surface area contributed by atoms with Crippen molar-refractivity contribution < 1.29 is 4.79 Å². The molecule has 1 saturated heterocycles. The summed E-state index contributed by atoms with van der Waals surface area (Å²) in [7, 11) is 0. The fraction of sp³-hybridized carbons (Fsp3) is 0.217. The van der Waals surface area contributed by atoms with Gasteiger partial charge in [-0.15, -0.1) is 0 Å². The second-order valence-electron chi connectivity index (χ2n) is 7.90. The fourth-order valence-electron chi connectivity index (χ4n) is 4.41. The first-order chi connectivity index (χ1) is 15.8. The molecule has 0 atom stereocenters. The zero-order chi connectivity index (χ0) is 21.5. The van der Waals surface area contributed by atoms with E-state index in [9.17, 15) is 4.79 Å². The Morgan fingerprint density at radius 2 is 1.91 bits per heavy atom. The van der Waals surface area contributed by atoms with Crippen molar-refractivity contribution in [2.75, 3.05) is 36.4 Å². The molecule has 0 spiro atoms. The smallest absolute Gasteiger partial charge is 0.254 e. The van der Waals surface area contributed by atoms with Crippen molar-refractivity contribution in [1.29, 1.82) is 0 Å². The number of pyridine rings is 1. The summed E-state index contributed by atoms with van der Waals surface area (Å²) in [6.45, 7) is 4.38. The lowest BCUT2D eigenvalue weighted by atomic mass is 9.99. The predicted octanol–water partition coefficient (Wildman–Crippen LogP) is 2.19. The molecule has 0 bridgehead atoms.